The molecule has 1 N–H and O–H groups in total. The molecule has 0 bridgehead atoms. The molecule has 0 amide bonds. The summed E-state index contributed by atoms with van der Waals surface area (Å²) in [6.45, 7) is 0.671. The van der Waals surface area contributed by atoms with Crippen molar-refractivity contribution in [3.05, 3.63) is 0 Å². The van der Waals surface area contributed by atoms with Crippen LogP contribution in [0.5, 0.6) is 0 Å². The molecule has 0 radical (unpaired) electrons. The van der Waals surface area contributed by atoms with E-state index >= 15 is 0 Å². The van der Waals surface area contributed by atoms with Crippen LogP contribution in [0.25, 0.3) is 0 Å². The molecule has 0 heterocycles. The first-order chi connectivity index (χ1) is 7.82. The Morgan fingerprint density at radius 2 is 1.88 bits per heavy atom. The van der Waals surface area contributed by atoms with Crippen molar-refractivity contribution < 1.29 is 28.0 Å². The van der Waals surface area contributed by atoms with E-state index in [9.17, 15) is 13.6 Å². The third kappa shape index (κ3) is 12.8. The molecule has 1 atom stereocenters. The minimum Gasteiger partial charge on any atom is -0.308 e. The van der Waals surface area contributed by atoms with Gasteiger partial charge in [0.05, 0.1) is 24.5 Å². The molecule has 1 unspecified atom stereocenters. The lowest BCUT2D eigenvalue weighted by atomic mass is 10.1. The van der Waals surface area contributed by atoms with Crippen LogP contribution in [-0.2, 0) is 14.0 Å². The summed E-state index contributed by atoms with van der Waals surface area (Å²) in [4.78, 5) is 9.40. The van der Waals surface area contributed by atoms with Crippen LogP contribution < -0.4 is 0 Å². The average molecular weight is 271 g/mol. The summed E-state index contributed by atoms with van der Waals surface area (Å²) in [6.07, 6.45) is 0.328. The summed E-state index contributed by atoms with van der Waals surface area (Å²) in [6, 6.07) is 4.05. The van der Waals surface area contributed by atoms with E-state index in [1.54, 1.807) is 0 Å². The summed E-state index contributed by atoms with van der Waals surface area (Å²) in [5, 5.41) is 16.7. The summed E-state index contributed by atoms with van der Waals surface area (Å²) in [7, 11) is -1.21. The molecule has 0 aromatic heterocycles. The standard InChI is InChI=1S/C7H11N3.F2HO4P/c1-10(2)6-7(5-9)3-4-8;1-5-7(3,4)6-2/h7H,3,6H2,1-2H3;(H,3,4). The third-order valence-electron chi connectivity index (χ3n) is 1.28. The number of hydrogen-bond donors (Lipinski definition) is 1. The molecule has 98 valence electrons. The van der Waals surface area contributed by atoms with Crippen molar-refractivity contribution in [1.82, 2.24) is 4.90 Å². The molecule has 0 spiro atoms. The SMILES string of the molecule is CN(C)CC(C#N)CC#N.O=P(O)(OF)OF. The first-order valence-corrected chi connectivity index (χ1v) is 5.67. The summed E-state index contributed by atoms with van der Waals surface area (Å²) < 4.78 is 34.3. The predicted molar refractivity (Wildman–Crippen MR) is 52.1 cm³/mol. The van der Waals surface area contributed by atoms with Gasteiger partial charge < -0.3 is 4.90 Å². The van der Waals surface area contributed by atoms with Crippen molar-refractivity contribution in [3.63, 3.8) is 0 Å². The van der Waals surface area contributed by atoms with Gasteiger partial charge in [-0.15, -0.1) is 0 Å². The second-order valence-corrected chi connectivity index (χ2v) is 4.27. The highest BCUT2D eigenvalue weighted by Crippen LogP contribution is 2.43. The van der Waals surface area contributed by atoms with Crippen LogP contribution in [0.1, 0.15) is 6.42 Å². The van der Waals surface area contributed by atoms with Crippen LogP contribution in [0.15, 0.2) is 0 Å². The molecule has 17 heavy (non-hydrogen) atoms. The number of phosphoric acid groups is 1. The lowest BCUT2D eigenvalue weighted by Crippen LogP contribution is -2.20. The van der Waals surface area contributed by atoms with Gasteiger partial charge >= 0.3 is 7.82 Å². The van der Waals surface area contributed by atoms with Crippen LogP contribution in [0.4, 0.5) is 9.05 Å². The Labute approximate surface area is 97.2 Å². The maximum Gasteiger partial charge on any atom is 0.534 e. The topological polar surface area (TPSA) is 107 Å². The van der Waals surface area contributed by atoms with Gasteiger partial charge in [0.25, 0.3) is 0 Å². The van der Waals surface area contributed by atoms with Gasteiger partial charge in [0.2, 0.25) is 0 Å². The molecule has 0 fully saturated rings. The van der Waals surface area contributed by atoms with Crippen LogP contribution in [0.2, 0.25) is 0 Å². The number of nitriles is 2. The van der Waals surface area contributed by atoms with E-state index in [2.05, 4.69) is 15.5 Å². The second kappa shape index (κ2) is 10.1. The minimum atomic E-state index is -4.99. The van der Waals surface area contributed by atoms with E-state index in [4.69, 9.17) is 15.4 Å². The molecular formula is C7H12F2N3O4P. The Bertz CT molecular complexity index is 320. The van der Waals surface area contributed by atoms with Gasteiger partial charge in [0, 0.05) is 6.54 Å². The molecule has 0 aliphatic carbocycles. The van der Waals surface area contributed by atoms with E-state index in [1.807, 2.05) is 25.1 Å². The highest BCUT2D eigenvalue weighted by Gasteiger charge is 2.22. The first-order valence-electron chi connectivity index (χ1n) is 4.17. The monoisotopic (exact) mass is 271 g/mol. The molecule has 0 aromatic carbocycles. The molecular weight excluding hydrogens is 259 g/mol. The maximum absolute atomic E-state index is 10.4. The van der Waals surface area contributed by atoms with Crippen LogP contribution >= 0.6 is 7.82 Å². The van der Waals surface area contributed by atoms with Gasteiger partial charge in [-0.25, -0.2) is 4.57 Å². The predicted octanol–water partition coefficient (Wildman–Crippen LogP) is 1.49. The summed E-state index contributed by atoms with van der Waals surface area (Å²) in [5.41, 5.74) is 0. The minimum absolute atomic E-state index is 0.139. The highest BCUT2D eigenvalue weighted by molar-refractivity contribution is 7.47. The summed E-state index contributed by atoms with van der Waals surface area (Å²) >= 11 is 0. The van der Waals surface area contributed by atoms with Crippen LogP contribution in [0.3, 0.4) is 0 Å². The highest BCUT2D eigenvalue weighted by atomic mass is 31.2. The van der Waals surface area contributed by atoms with E-state index in [0.717, 1.165) is 0 Å². The Balaban J connectivity index is 0. The lowest BCUT2D eigenvalue weighted by Gasteiger charge is -2.10. The van der Waals surface area contributed by atoms with Gasteiger partial charge in [-0.05, 0) is 23.1 Å². The lowest BCUT2D eigenvalue weighted by molar-refractivity contribution is -0.110. The second-order valence-electron chi connectivity index (χ2n) is 3.06. The van der Waals surface area contributed by atoms with E-state index < -0.39 is 7.82 Å². The first kappa shape index (κ1) is 18.3. The maximum atomic E-state index is 10.4. The fourth-order valence-corrected chi connectivity index (χ4v) is 0.734. The normalized spacial score (nSPS) is 12.0. The van der Waals surface area contributed by atoms with Crippen molar-refractivity contribution in [1.29, 1.82) is 10.5 Å². The fourth-order valence-electron chi connectivity index (χ4n) is 0.713. The van der Waals surface area contributed by atoms with E-state index in [-0.39, 0.29) is 5.92 Å². The number of halogens is 2. The quantitative estimate of drug-likeness (QED) is 0.755. The van der Waals surface area contributed by atoms with Crippen molar-refractivity contribution >= 4 is 7.82 Å². The number of rotatable bonds is 5. The largest absolute Gasteiger partial charge is 0.534 e. The average Bonchev–Trinajstić information content (AvgIpc) is 2.29. The van der Waals surface area contributed by atoms with Gasteiger partial charge in [-0.3, -0.25) is 4.89 Å². The fraction of sp³-hybridized carbons (Fsp3) is 0.714. The number of hydrogen-bond acceptors (Lipinski definition) is 6. The Morgan fingerprint density at radius 3 is 2.06 bits per heavy atom. The molecule has 0 aliphatic heterocycles. The molecule has 0 aromatic rings. The van der Waals surface area contributed by atoms with Crippen molar-refractivity contribution in [3.8, 4) is 12.1 Å². The van der Waals surface area contributed by atoms with E-state index in [0.29, 0.717) is 13.0 Å². The zero-order chi connectivity index (χ0) is 13.9. The molecule has 0 rings (SSSR count). The summed E-state index contributed by atoms with van der Waals surface area (Å²) in [5.74, 6) is -0.139. The molecule has 10 heteroatoms. The molecule has 7 nitrogen and oxygen atoms in total. The smallest absolute Gasteiger partial charge is 0.308 e. The Kier molecular flexibility index (Phi) is 10.8. The van der Waals surface area contributed by atoms with Crippen LogP contribution in [0, 0.1) is 28.6 Å². The molecule has 0 aliphatic rings. The van der Waals surface area contributed by atoms with Crippen molar-refractivity contribution in [2.24, 2.45) is 5.92 Å². The van der Waals surface area contributed by atoms with Crippen LogP contribution in [-0.4, -0.2) is 30.4 Å². The Hall–Kier alpha value is -1.09. The zero-order valence-corrected chi connectivity index (χ0v) is 10.1. The van der Waals surface area contributed by atoms with Crippen molar-refractivity contribution in [2.75, 3.05) is 20.6 Å². The van der Waals surface area contributed by atoms with E-state index in [1.165, 1.54) is 0 Å². The Morgan fingerprint density at radius 1 is 1.41 bits per heavy atom. The van der Waals surface area contributed by atoms with Gasteiger partial charge in [0.15, 0.2) is 0 Å². The molecule has 0 saturated heterocycles. The van der Waals surface area contributed by atoms with Gasteiger partial charge in [0.1, 0.15) is 0 Å². The van der Waals surface area contributed by atoms with Crippen molar-refractivity contribution in [2.45, 2.75) is 6.42 Å². The van der Waals surface area contributed by atoms with Gasteiger partial charge in [-0.2, -0.15) is 10.5 Å². The van der Waals surface area contributed by atoms with Gasteiger partial charge in [-0.1, -0.05) is 9.46 Å². The molecule has 0 saturated carbocycles. The third-order valence-corrected chi connectivity index (χ3v) is 1.63. The zero-order valence-electron chi connectivity index (χ0n) is 9.21. The number of nitrogens with zero attached hydrogens (tertiary/aromatic N) is 3.